The van der Waals surface area contributed by atoms with E-state index in [-0.39, 0.29) is 0 Å². The molecule has 1 aromatic heterocycles. The molecule has 0 aromatic carbocycles. The van der Waals surface area contributed by atoms with Gasteiger partial charge in [0.25, 0.3) is 0 Å². The Morgan fingerprint density at radius 1 is 1.14 bits per heavy atom. The first-order valence-corrected chi connectivity index (χ1v) is 5.51. The van der Waals surface area contributed by atoms with E-state index in [0.717, 1.165) is 0 Å². The zero-order valence-corrected chi connectivity index (χ0v) is 9.66. The Morgan fingerprint density at radius 3 is 2.00 bits per heavy atom. The van der Waals surface area contributed by atoms with E-state index >= 15 is 0 Å². The average molecular weight is 197 g/mol. The largest absolute Gasteiger partial charge is 0.351 e. The first-order chi connectivity index (χ1) is 6.89. The fraction of sp³-hybridized carbons (Fsp3) is 0.727. The van der Waals surface area contributed by atoms with Crippen molar-refractivity contribution in [2.45, 2.75) is 33.1 Å². The summed E-state index contributed by atoms with van der Waals surface area (Å²) in [4.78, 5) is 8.81. The molecule has 1 N–H and O–H groups in total. The second kappa shape index (κ2) is 10.3. The molecular formula is C11H23N3. The summed E-state index contributed by atoms with van der Waals surface area (Å²) in [5.74, 6) is 0. The maximum Gasteiger partial charge on any atom is 0.0919 e. The van der Waals surface area contributed by atoms with Crippen molar-refractivity contribution in [1.29, 1.82) is 0 Å². The van der Waals surface area contributed by atoms with Gasteiger partial charge in [0.05, 0.1) is 6.33 Å². The van der Waals surface area contributed by atoms with E-state index in [0.29, 0.717) is 0 Å². The topological polar surface area (TPSA) is 31.9 Å². The van der Waals surface area contributed by atoms with Crippen LogP contribution < -0.4 is 0 Å². The SMILES string of the molecule is CC.CN1CCCCC1.c1c[nH]cn1. The number of likely N-dealkylation sites (tertiary alicyclic amines) is 1. The number of hydrogen-bond acceptors (Lipinski definition) is 2. The molecule has 0 amide bonds. The summed E-state index contributed by atoms with van der Waals surface area (Å²) >= 11 is 0. The Morgan fingerprint density at radius 2 is 1.79 bits per heavy atom. The first kappa shape index (κ1) is 13.2. The molecular weight excluding hydrogens is 174 g/mol. The van der Waals surface area contributed by atoms with Crippen LogP contribution in [0.5, 0.6) is 0 Å². The Hall–Kier alpha value is -0.830. The molecule has 0 atom stereocenters. The molecule has 1 aliphatic rings. The maximum atomic E-state index is 3.67. The van der Waals surface area contributed by atoms with E-state index < -0.39 is 0 Å². The molecule has 1 fully saturated rings. The van der Waals surface area contributed by atoms with Crippen molar-refractivity contribution in [2.24, 2.45) is 0 Å². The normalized spacial score (nSPS) is 15.9. The summed E-state index contributed by atoms with van der Waals surface area (Å²) in [7, 11) is 2.19. The van der Waals surface area contributed by atoms with Crippen LogP contribution in [0.25, 0.3) is 0 Å². The van der Waals surface area contributed by atoms with E-state index in [1.165, 1.54) is 32.4 Å². The molecule has 0 saturated carbocycles. The van der Waals surface area contributed by atoms with Crippen LogP contribution in [0.3, 0.4) is 0 Å². The minimum Gasteiger partial charge on any atom is -0.351 e. The van der Waals surface area contributed by atoms with Crippen LogP contribution in [0.4, 0.5) is 0 Å². The standard InChI is InChI=1S/C6H13N.C3H4N2.C2H6/c1-7-5-3-2-4-6-7;1-2-5-3-4-1;1-2/h2-6H2,1H3;1-3H,(H,4,5);1-2H3. The van der Waals surface area contributed by atoms with Crippen LogP contribution in [0.1, 0.15) is 33.1 Å². The number of nitrogens with one attached hydrogen (secondary N) is 1. The minimum absolute atomic E-state index is 1.32. The smallest absolute Gasteiger partial charge is 0.0919 e. The highest BCUT2D eigenvalue weighted by molar-refractivity contribution is 4.64. The molecule has 1 aliphatic heterocycles. The van der Waals surface area contributed by atoms with Gasteiger partial charge in [-0.05, 0) is 33.0 Å². The summed E-state index contributed by atoms with van der Waals surface area (Å²) in [6.07, 6.45) is 9.36. The molecule has 2 rings (SSSR count). The third-order valence-electron chi connectivity index (χ3n) is 1.99. The third kappa shape index (κ3) is 7.80. The Kier molecular flexibility index (Phi) is 9.64. The maximum absolute atomic E-state index is 3.67. The Balaban J connectivity index is 0.000000213. The molecule has 0 spiro atoms. The lowest BCUT2D eigenvalue weighted by Crippen LogP contribution is -2.24. The van der Waals surface area contributed by atoms with E-state index in [1.807, 2.05) is 13.8 Å². The minimum atomic E-state index is 1.32. The highest BCUT2D eigenvalue weighted by Gasteiger charge is 2.02. The summed E-state index contributed by atoms with van der Waals surface area (Å²) in [6, 6.07) is 0. The molecule has 0 aliphatic carbocycles. The molecule has 0 bridgehead atoms. The predicted molar refractivity (Wildman–Crippen MR) is 61.3 cm³/mol. The Labute approximate surface area is 87.5 Å². The van der Waals surface area contributed by atoms with Gasteiger partial charge in [-0.2, -0.15) is 0 Å². The number of nitrogens with zero attached hydrogens (tertiary/aromatic N) is 2. The Bertz CT molecular complexity index is 149. The summed E-state index contributed by atoms with van der Waals surface area (Å²) in [6.45, 7) is 6.64. The average Bonchev–Trinajstić information content (AvgIpc) is 2.80. The van der Waals surface area contributed by atoms with Gasteiger partial charge < -0.3 is 9.88 Å². The van der Waals surface area contributed by atoms with Crippen LogP contribution >= 0.6 is 0 Å². The molecule has 1 aromatic rings. The van der Waals surface area contributed by atoms with Gasteiger partial charge >= 0.3 is 0 Å². The van der Waals surface area contributed by atoms with Crippen LogP contribution in [0, 0.1) is 0 Å². The van der Waals surface area contributed by atoms with Crippen molar-refractivity contribution >= 4 is 0 Å². The predicted octanol–water partition coefficient (Wildman–Crippen LogP) is 2.54. The summed E-state index contributed by atoms with van der Waals surface area (Å²) in [5.41, 5.74) is 0. The lowest BCUT2D eigenvalue weighted by molar-refractivity contribution is 0.277. The molecule has 2 heterocycles. The fourth-order valence-electron chi connectivity index (χ4n) is 1.27. The van der Waals surface area contributed by atoms with Crippen molar-refractivity contribution in [3.63, 3.8) is 0 Å². The zero-order chi connectivity index (χ0) is 10.6. The van der Waals surface area contributed by atoms with Crippen LogP contribution in [0.2, 0.25) is 0 Å². The summed E-state index contributed by atoms with van der Waals surface area (Å²) < 4.78 is 0. The van der Waals surface area contributed by atoms with Crippen molar-refractivity contribution in [3.05, 3.63) is 18.7 Å². The number of piperidine rings is 1. The van der Waals surface area contributed by atoms with Gasteiger partial charge in [-0.3, -0.25) is 0 Å². The number of hydrogen-bond donors (Lipinski definition) is 1. The summed E-state index contributed by atoms with van der Waals surface area (Å²) in [5, 5.41) is 0. The van der Waals surface area contributed by atoms with Crippen LogP contribution in [-0.2, 0) is 0 Å². The number of aromatic amines is 1. The monoisotopic (exact) mass is 197 g/mol. The zero-order valence-electron chi connectivity index (χ0n) is 9.66. The third-order valence-corrected chi connectivity index (χ3v) is 1.99. The van der Waals surface area contributed by atoms with Gasteiger partial charge in [-0.15, -0.1) is 0 Å². The number of rotatable bonds is 0. The first-order valence-electron chi connectivity index (χ1n) is 5.51. The molecule has 14 heavy (non-hydrogen) atoms. The van der Waals surface area contributed by atoms with E-state index in [2.05, 4.69) is 21.9 Å². The van der Waals surface area contributed by atoms with Crippen molar-refractivity contribution in [2.75, 3.05) is 20.1 Å². The molecule has 3 heteroatoms. The number of H-pyrrole nitrogens is 1. The van der Waals surface area contributed by atoms with E-state index in [9.17, 15) is 0 Å². The van der Waals surface area contributed by atoms with Gasteiger partial charge in [0.2, 0.25) is 0 Å². The molecule has 0 unspecified atom stereocenters. The van der Waals surface area contributed by atoms with E-state index in [1.54, 1.807) is 18.7 Å². The molecule has 82 valence electrons. The highest BCUT2D eigenvalue weighted by atomic mass is 15.1. The number of imidazole rings is 1. The van der Waals surface area contributed by atoms with E-state index in [4.69, 9.17) is 0 Å². The van der Waals surface area contributed by atoms with Gasteiger partial charge in [0.1, 0.15) is 0 Å². The molecule has 3 nitrogen and oxygen atoms in total. The van der Waals surface area contributed by atoms with Crippen LogP contribution in [-0.4, -0.2) is 35.0 Å². The highest BCUT2D eigenvalue weighted by Crippen LogP contribution is 2.04. The lowest BCUT2D eigenvalue weighted by Gasteiger charge is -2.20. The van der Waals surface area contributed by atoms with Crippen molar-refractivity contribution in [1.82, 2.24) is 14.9 Å². The molecule has 1 saturated heterocycles. The quantitative estimate of drug-likeness (QED) is 0.693. The van der Waals surface area contributed by atoms with Gasteiger partial charge in [-0.25, -0.2) is 4.98 Å². The number of aromatic nitrogens is 2. The van der Waals surface area contributed by atoms with Gasteiger partial charge in [-0.1, -0.05) is 20.3 Å². The van der Waals surface area contributed by atoms with Gasteiger partial charge in [0, 0.05) is 12.4 Å². The lowest BCUT2D eigenvalue weighted by atomic mass is 10.1. The van der Waals surface area contributed by atoms with Crippen molar-refractivity contribution in [3.8, 4) is 0 Å². The fourth-order valence-corrected chi connectivity index (χ4v) is 1.27. The second-order valence-electron chi connectivity index (χ2n) is 3.12. The second-order valence-corrected chi connectivity index (χ2v) is 3.12. The van der Waals surface area contributed by atoms with Crippen LogP contribution in [0.15, 0.2) is 18.7 Å². The van der Waals surface area contributed by atoms with Gasteiger partial charge in [0.15, 0.2) is 0 Å². The molecule has 0 radical (unpaired) electrons. The van der Waals surface area contributed by atoms with Crippen molar-refractivity contribution < 1.29 is 0 Å².